The van der Waals surface area contributed by atoms with Gasteiger partial charge in [0.25, 0.3) is 0 Å². The number of ether oxygens (including phenoxy) is 1. The fraction of sp³-hybridized carbons (Fsp3) is 0.667. The molecular formula is C15H25NO4. The largest absolute Gasteiger partial charge is 0.463 e. The molecule has 0 bridgehead atoms. The molecule has 0 amide bonds. The summed E-state index contributed by atoms with van der Waals surface area (Å²) in [7, 11) is 1.33. The van der Waals surface area contributed by atoms with Crippen LogP contribution in [0.3, 0.4) is 0 Å². The summed E-state index contributed by atoms with van der Waals surface area (Å²) >= 11 is 0. The first-order valence-electron chi connectivity index (χ1n) is 7.14. The number of furan rings is 1. The van der Waals surface area contributed by atoms with Crippen LogP contribution in [0, 0.1) is 5.92 Å². The number of carbonyl (C=O) groups is 1. The first kappa shape index (κ1) is 16.7. The lowest BCUT2D eigenvalue weighted by atomic mass is 10.00. The molecule has 2 N–H and O–H groups in total. The summed E-state index contributed by atoms with van der Waals surface area (Å²) in [5.41, 5.74) is 0. The van der Waals surface area contributed by atoms with Crippen molar-refractivity contribution in [2.45, 2.75) is 39.2 Å². The van der Waals surface area contributed by atoms with Crippen molar-refractivity contribution in [3.8, 4) is 0 Å². The predicted octanol–water partition coefficient (Wildman–Crippen LogP) is 2.52. The van der Waals surface area contributed by atoms with Crippen molar-refractivity contribution in [1.82, 2.24) is 5.32 Å². The number of nitrogens with one attached hydrogen (secondary N) is 1. The third kappa shape index (κ3) is 4.98. The second kappa shape index (κ2) is 8.76. The van der Waals surface area contributed by atoms with Crippen LogP contribution >= 0.6 is 0 Å². The summed E-state index contributed by atoms with van der Waals surface area (Å²) in [6.45, 7) is 5.17. The van der Waals surface area contributed by atoms with Crippen molar-refractivity contribution in [2.24, 2.45) is 5.92 Å². The van der Waals surface area contributed by atoms with Crippen molar-refractivity contribution in [3.63, 3.8) is 0 Å². The van der Waals surface area contributed by atoms with Crippen LogP contribution in [-0.2, 0) is 4.74 Å². The van der Waals surface area contributed by atoms with Gasteiger partial charge in [-0.2, -0.15) is 0 Å². The lowest BCUT2D eigenvalue weighted by Crippen LogP contribution is -2.26. The zero-order valence-electron chi connectivity index (χ0n) is 12.5. The number of methoxy groups -OCH3 is 1. The molecule has 0 aliphatic heterocycles. The van der Waals surface area contributed by atoms with Crippen molar-refractivity contribution < 1.29 is 19.1 Å². The maximum Gasteiger partial charge on any atom is 0.373 e. The van der Waals surface area contributed by atoms with Gasteiger partial charge in [0.05, 0.1) is 13.2 Å². The highest BCUT2D eigenvalue weighted by atomic mass is 16.5. The van der Waals surface area contributed by atoms with E-state index in [9.17, 15) is 4.79 Å². The second-order valence-corrected chi connectivity index (χ2v) is 4.99. The molecule has 1 heterocycles. The van der Waals surface area contributed by atoms with Gasteiger partial charge in [-0.25, -0.2) is 4.79 Å². The Hall–Kier alpha value is -1.33. The van der Waals surface area contributed by atoms with Crippen LogP contribution in [0.5, 0.6) is 0 Å². The van der Waals surface area contributed by atoms with Gasteiger partial charge < -0.3 is 19.6 Å². The summed E-state index contributed by atoms with van der Waals surface area (Å²) in [6, 6.07) is 3.42. The van der Waals surface area contributed by atoms with Crippen LogP contribution in [0.15, 0.2) is 16.5 Å². The van der Waals surface area contributed by atoms with E-state index < -0.39 is 5.97 Å². The molecule has 20 heavy (non-hydrogen) atoms. The predicted molar refractivity (Wildman–Crippen MR) is 76.6 cm³/mol. The highest BCUT2D eigenvalue weighted by Crippen LogP contribution is 2.18. The Labute approximate surface area is 120 Å². The second-order valence-electron chi connectivity index (χ2n) is 4.99. The normalized spacial score (nSPS) is 14.0. The molecule has 0 aliphatic rings. The SMILES string of the molecule is CCCC(CCO)CNC(C)c1ccc(C(=O)OC)o1. The Bertz CT molecular complexity index is 396. The standard InChI is InChI=1S/C15H25NO4/c1-4-5-12(8-9-17)10-16-11(2)13-6-7-14(20-13)15(18)19-3/h6-7,11-12,16-17H,4-5,8-10H2,1-3H3. The maximum atomic E-state index is 11.3. The molecule has 1 aromatic rings. The van der Waals surface area contributed by atoms with Crippen LogP contribution < -0.4 is 5.32 Å². The van der Waals surface area contributed by atoms with Gasteiger partial charge in [-0.05, 0) is 44.4 Å². The Balaban J connectivity index is 2.51. The van der Waals surface area contributed by atoms with E-state index in [2.05, 4.69) is 17.0 Å². The summed E-state index contributed by atoms with van der Waals surface area (Å²) < 4.78 is 10.1. The molecule has 114 valence electrons. The molecule has 2 unspecified atom stereocenters. The van der Waals surface area contributed by atoms with Gasteiger partial charge in [0.15, 0.2) is 0 Å². The Morgan fingerprint density at radius 1 is 1.45 bits per heavy atom. The van der Waals surface area contributed by atoms with Crippen LogP contribution in [-0.4, -0.2) is 31.3 Å². The summed E-state index contributed by atoms with van der Waals surface area (Å²) in [5, 5.41) is 12.4. The van der Waals surface area contributed by atoms with E-state index >= 15 is 0 Å². The van der Waals surface area contributed by atoms with E-state index in [1.54, 1.807) is 12.1 Å². The molecule has 0 saturated heterocycles. The van der Waals surface area contributed by atoms with Crippen LogP contribution in [0.4, 0.5) is 0 Å². The zero-order chi connectivity index (χ0) is 15.0. The molecule has 0 saturated carbocycles. The molecule has 1 rings (SSSR count). The molecule has 0 aromatic carbocycles. The van der Waals surface area contributed by atoms with E-state index in [1.165, 1.54) is 7.11 Å². The molecule has 1 aromatic heterocycles. The van der Waals surface area contributed by atoms with Crippen LogP contribution in [0.2, 0.25) is 0 Å². The number of carbonyl (C=O) groups excluding carboxylic acids is 1. The highest BCUT2D eigenvalue weighted by molar-refractivity contribution is 5.86. The third-order valence-corrected chi connectivity index (χ3v) is 3.39. The summed E-state index contributed by atoms with van der Waals surface area (Å²) in [4.78, 5) is 11.3. The number of aliphatic hydroxyl groups excluding tert-OH is 1. The van der Waals surface area contributed by atoms with E-state index in [4.69, 9.17) is 9.52 Å². The third-order valence-electron chi connectivity index (χ3n) is 3.39. The van der Waals surface area contributed by atoms with E-state index in [-0.39, 0.29) is 18.4 Å². The van der Waals surface area contributed by atoms with Crippen LogP contribution in [0.1, 0.15) is 55.5 Å². The number of esters is 1. The summed E-state index contributed by atoms with van der Waals surface area (Å²) in [5.74, 6) is 0.927. The molecule has 0 spiro atoms. The average Bonchev–Trinajstić information content (AvgIpc) is 2.94. The zero-order valence-corrected chi connectivity index (χ0v) is 12.5. The van der Waals surface area contributed by atoms with Gasteiger partial charge in [0.1, 0.15) is 5.76 Å². The highest BCUT2D eigenvalue weighted by Gasteiger charge is 2.16. The molecule has 0 fully saturated rings. The molecular weight excluding hydrogens is 258 g/mol. The summed E-state index contributed by atoms with van der Waals surface area (Å²) in [6.07, 6.45) is 3.00. The minimum absolute atomic E-state index is 0.0199. The molecule has 5 heteroatoms. The van der Waals surface area contributed by atoms with Gasteiger partial charge >= 0.3 is 5.97 Å². The average molecular weight is 283 g/mol. The first-order chi connectivity index (χ1) is 9.62. The lowest BCUT2D eigenvalue weighted by Gasteiger charge is -2.18. The number of hydrogen-bond donors (Lipinski definition) is 2. The first-order valence-corrected chi connectivity index (χ1v) is 7.14. The Morgan fingerprint density at radius 3 is 2.80 bits per heavy atom. The molecule has 5 nitrogen and oxygen atoms in total. The quantitative estimate of drug-likeness (QED) is 0.681. The number of aliphatic hydroxyl groups is 1. The minimum atomic E-state index is -0.465. The van der Waals surface area contributed by atoms with Crippen molar-refractivity contribution >= 4 is 5.97 Å². The topological polar surface area (TPSA) is 71.7 Å². The van der Waals surface area contributed by atoms with Gasteiger partial charge in [0, 0.05) is 6.61 Å². The maximum absolute atomic E-state index is 11.3. The van der Waals surface area contributed by atoms with Crippen molar-refractivity contribution in [1.29, 1.82) is 0 Å². The van der Waals surface area contributed by atoms with Gasteiger partial charge in [-0.15, -0.1) is 0 Å². The molecule has 2 atom stereocenters. The van der Waals surface area contributed by atoms with Crippen molar-refractivity contribution in [2.75, 3.05) is 20.3 Å². The van der Waals surface area contributed by atoms with E-state index in [0.717, 1.165) is 25.8 Å². The van der Waals surface area contributed by atoms with E-state index in [0.29, 0.717) is 11.7 Å². The minimum Gasteiger partial charge on any atom is -0.463 e. The van der Waals surface area contributed by atoms with Gasteiger partial charge in [-0.3, -0.25) is 0 Å². The Kier molecular flexibility index (Phi) is 7.33. The smallest absolute Gasteiger partial charge is 0.373 e. The lowest BCUT2D eigenvalue weighted by molar-refractivity contribution is 0.0562. The van der Waals surface area contributed by atoms with Crippen LogP contribution in [0.25, 0.3) is 0 Å². The molecule has 0 aliphatic carbocycles. The fourth-order valence-corrected chi connectivity index (χ4v) is 2.18. The van der Waals surface area contributed by atoms with Gasteiger partial charge in [-0.1, -0.05) is 13.3 Å². The monoisotopic (exact) mass is 283 g/mol. The number of hydrogen-bond acceptors (Lipinski definition) is 5. The van der Waals surface area contributed by atoms with Gasteiger partial charge in [0.2, 0.25) is 5.76 Å². The number of rotatable bonds is 9. The van der Waals surface area contributed by atoms with E-state index in [1.807, 2.05) is 6.92 Å². The Morgan fingerprint density at radius 2 is 2.20 bits per heavy atom. The van der Waals surface area contributed by atoms with Crippen molar-refractivity contribution in [3.05, 3.63) is 23.7 Å². The fourth-order valence-electron chi connectivity index (χ4n) is 2.18. The molecule has 0 radical (unpaired) electrons.